The summed E-state index contributed by atoms with van der Waals surface area (Å²) >= 11 is 0. The maximum absolute atomic E-state index is 11.9. The third kappa shape index (κ3) is 5.16. The minimum absolute atomic E-state index is 0.00533. The lowest BCUT2D eigenvalue weighted by molar-refractivity contribution is -0.115. The Morgan fingerprint density at radius 2 is 1.75 bits per heavy atom. The van der Waals surface area contributed by atoms with Crippen molar-refractivity contribution in [2.45, 2.75) is 20.3 Å². The summed E-state index contributed by atoms with van der Waals surface area (Å²) in [7, 11) is 2.17. The predicted octanol–water partition coefficient (Wildman–Crippen LogP) is 5.45. The Bertz CT molecular complexity index is 1380. The largest absolute Gasteiger partial charge is 0.369 e. The van der Waals surface area contributed by atoms with Crippen LogP contribution in [0.25, 0.3) is 22.0 Å². The lowest BCUT2D eigenvalue weighted by atomic mass is 9.97. The van der Waals surface area contributed by atoms with Crippen LogP contribution in [0.4, 0.5) is 23.0 Å². The summed E-state index contributed by atoms with van der Waals surface area (Å²) in [6.45, 7) is 8.18. The van der Waals surface area contributed by atoms with Crippen LogP contribution in [0.15, 0.2) is 66.9 Å². The first-order valence-corrected chi connectivity index (χ1v) is 12.5. The Hall–Kier alpha value is -3.97. The molecule has 0 saturated carbocycles. The van der Waals surface area contributed by atoms with E-state index in [0.29, 0.717) is 12.4 Å². The number of amides is 1. The molecule has 0 aliphatic carbocycles. The van der Waals surface area contributed by atoms with E-state index in [9.17, 15) is 4.79 Å². The van der Waals surface area contributed by atoms with Gasteiger partial charge in [-0.2, -0.15) is 0 Å². The highest BCUT2D eigenvalue weighted by molar-refractivity contribution is 5.97. The third-order valence-corrected chi connectivity index (χ3v) is 6.71. The summed E-state index contributed by atoms with van der Waals surface area (Å²) in [4.78, 5) is 26.2. The van der Waals surface area contributed by atoms with E-state index >= 15 is 0 Å². The van der Waals surface area contributed by atoms with E-state index in [-0.39, 0.29) is 5.91 Å². The molecule has 0 unspecified atom stereocenters. The van der Waals surface area contributed by atoms with Gasteiger partial charge < -0.3 is 20.4 Å². The molecule has 0 atom stereocenters. The number of nitrogens with one attached hydrogen (secondary N) is 2. The normalized spacial score (nSPS) is 14.1. The van der Waals surface area contributed by atoms with E-state index in [1.165, 1.54) is 5.69 Å². The van der Waals surface area contributed by atoms with Crippen molar-refractivity contribution in [2.24, 2.45) is 0 Å². The summed E-state index contributed by atoms with van der Waals surface area (Å²) in [6.07, 6.45) is 2.30. The number of hydrogen-bond acceptors (Lipinski definition) is 6. The molecule has 2 heterocycles. The standard InChI is InChI=1S/C29H32N6O/c1-4-26(36)31-24-7-5-6-21(18-24)27-20(2)8-9-22-19-30-29(33-28(22)27)32-23-10-12-25(13-11-23)35-16-14-34(3)15-17-35/h5-13,18-19H,4,14-17H2,1-3H3,(H,31,36)(H,30,32,33). The Kier molecular flexibility index (Phi) is 6.82. The van der Waals surface area contributed by atoms with Gasteiger partial charge in [0, 0.05) is 66.8 Å². The quantitative estimate of drug-likeness (QED) is 0.382. The lowest BCUT2D eigenvalue weighted by Crippen LogP contribution is -2.44. The Balaban J connectivity index is 1.42. The highest BCUT2D eigenvalue weighted by atomic mass is 16.1. The number of carbonyl (C=O) groups is 1. The molecular formula is C29H32N6O. The van der Waals surface area contributed by atoms with Gasteiger partial charge in [0.1, 0.15) is 0 Å². The minimum atomic E-state index is -0.00533. The molecule has 0 radical (unpaired) electrons. The van der Waals surface area contributed by atoms with E-state index < -0.39 is 0 Å². The van der Waals surface area contributed by atoms with Gasteiger partial charge in [0.2, 0.25) is 11.9 Å². The first kappa shape index (κ1) is 23.8. The fourth-order valence-corrected chi connectivity index (χ4v) is 4.57. The summed E-state index contributed by atoms with van der Waals surface area (Å²) in [6, 6.07) is 20.5. The van der Waals surface area contributed by atoms with Gasteiger partial charge in [0.15, 0.2) is 0 Å². The van der Waals surface area contributed by atoms with Gasteiger partial charge in [-0.1, -0.05) is 31.2 Å². The van der Waals surface area contributed by atoms with Crippen LogP contribution in [0, 0.1) is 6.92 Å². The second-order valence-electron chi connectivity index (χ2n) is 9.33. The lowest BCUT2D eigenvalue weighted by Gasteiger charge is -2.34. The van der Waals surface area contributed by atoms with E-state index in [4.69, 9.17) is 4.98 Å². The summed E-state index contributed by atoms with van der Waals surface area (Å²) in [5.74, 6) is 0.548. The van der Waals surface area contributed by atoms with Crippen LogP contribution in [0.1, 0.15) is 18.9 Å². The molecule has 1 fully saturated rings. The molecule has 4 aromatic rings. The molecule has 184 valence electrons. The van der Waals surface area contributed by atoms with Crippen molar-refractivity contribution < 1.29 is 4.79 Å². The second kappa shape index (κ2) is 10.3. The van der Waals surface area contributed by atoms with Crippen LogP contribution >= 0.6 is 0 Å². The number of piperazine rings is 1. The van der Waals surface area contributed by atoms with Crippen LogP contribution in [-0.2, 0) is 4.79 Å². The van der Waals surface area contributed by atoms with Crippen LogP contribution in [0.2, 0.25) is 0 Å². The highest BCUT2D eigenvalue weighted by Crippen LogP contribution is 2.33. The van der Waals surface area contributed by atoms with Crippen molar-refractivity contribution in [2.75, 3.05) is 48.8 Å². The average molecular weight is 481 g/mol. The number of nitrogens with zero attached hydrogens (tertiary/aromatic N) is 4. The molecule has 1 saturated heterocycles. The van der Waals surface area contributed by atoms with Crippen LogP contribution in [-0.4, -0.2) is 54.0 Å². The van der Waals surface area contributed by atoms with Crippen molar-refractivity contribution in [3.63, 3.8) is 0 Å². The van der Waals surface area contributed by atoms with Crippen molar-refractivity contribution in [1.29, 1.82) is 0 Å². The van der Waals surface area contributed by atoms with Crippen molar-refractivity contribution in [1.82, 2.24) is 14.9 Å². The minimum Gasteiger partial charge on any atom is -0.369 e. The number of aromatic nitrogens is 2. The van der Waals surface area contributed by atoms with Gasteiger partial charge in [0.25, 0.3) is 0 Å². The maximum atomic E-state index is 11.9. The Morgan fingerprint density at radius 3 is 2.50 bits per heavy atom. The third-order valence-electron chi connectivity index (χ3n) is 6.71. The number of hydrogen-bond donors (Lipinski definition) is 2. The smallest absolute Gasteiger partial charge is 0.227 e. The Labute approximate surface area is 212 Å². The summed E-state index contributed by atoms with van der Waals surface area (Å²) in [5, 5.41) is 7.29. The number of carbonyl (C=O) groups excluding carboxylic acids is 1. The first-order valence-electron chi connectivity index (χ1n) is 12.5. The molecule has 0 spiro atoms. The molecule has 0 bridgehead atoms. The maximum Gasteiger partial charge on any atom is 0.227 e. The van der Waals surface area contributed by atoms with E-state index in [1.54, 1.807) is 0 Å². The first-order chi connectivity index (χ1) is 17.5. The van der Waals surface area contributed by atoms with Gasteiger partial charge in [-0.25, -0.2) is 9.97 Å². The molecule has 3 aromatic carbocycles. The molecular weight excluding hydrogens is 448 g/mol. The molecule has 7 heteroatoms. The Morgan fingerprint density at radius 1 is 0.972 bits per heavy atom. The molecule has 1 amide bonds. The molecule has 1 aromatic heterocycles. The van der Waals surface area contributed by atoms with Crippen LogP contribution in [0.5, 0.6) is 0 Å². The van der Waals surface area contributed by atoms with E-state index in [2.05, 4.69) is 75.8 Å². The zero-order valence-corrected chi connectivity index (χ0v) is 21.1. The monoisotopic (exact) mass is 480 g/mol. The van der Waals surface area contributed by atoms with Gasteiger partial charge in [-0.3, -0.25) is 4.79 Å². The van der Waals surface area contributed by atoms with E-state index in [0.717, 1.165) is 65.1 Å². The van der Waals surface area contributed by atoms with Crippen molar-refractivity contribution in [3.8, 4) is 11.1 Å². The fourth-order valence-electron chi connectivity index (χ4n) is 4.57. The topological polar surface area (TPSA) is 73.4 Å². The van der Waals surface area contributed by atoms with Crippen LogP contribution in [0.3, 0.4) is 0 Å². The number of fused-ring (bicyclic) bond motifs is 1. The average Bonchev–Trinajstić information content (AvgIpc) is 2.89. The molecule has 1 aliphatic rings. The number of aryl methyl sites for hydroxylation is 1. The highest BCUT2D eigenvalue weighted by Gasteiger charge is 2.15. The van der Waals surface area contributed by atoms with E-state index in [1.807, 2.05) is 37.4 Å². The molecule has 5 rings (SSSR count). The molecule has 7 nitrogen and oxygen atoms in total. The summed E-state index contributed by atoms with van der Waals surface area (Å²) in [5.41, 5.74) is 7.00. The zero-order chi connectivity index (χ0) is 25.1. The van der Waals surface area contributed by atoms with Gasteiger partial charge in [0.05, 0.1) is 5.52 Å². The predicted molar refractivity (Wildman–Crippen MR) is 148 cm³/mol. The van der Waals surface area contributed by atoms with Crippen molar-refractivity contribution >= 4 is 39.8 Å². The molecule has 1 aliphatic heterocycles. The second-order valence-corrected chi connectivity index (χ2v) is 9.33. The summed E-state index contributed by atoms with van der Waals surface area (Å²) < 4.78 is 0. The van der Waals surface area contributed by atoms with Gasteiger partial charge >= 0.3 is 0 Å². The van der Waals surface area contributed by atoms with Crippen LogP contribution < -0.4 is 15.5 Å². The van der Waals surface area contributed by atoms with Gasteiger partial charge in [-0.15, -0.1) is 0 Å². The number of rotatable bonds is 6. The number of benzene rings is 3. The molecule has 36 heavy (non-hydrogen) atoms. The molecule has 2 N–H and O–H groups in total. The van der Waals surface area contributed by atoms with Crippen molar-refractivity contribution in [3.05, 3.63) is 72.4 Å². The number of anilines is 4. The SMILES string of the molecule is CCC(=O)Nc1cccc(-c2c(C)ccc3cnc(Nc4ccc(N5CCN(C)CC5)cc4)nc23)c1. The fraction of sp³-hybridized carbons (Fsp3) is 0.276. The number of likely N-dealkylation sites (N-methyl/N-ethyl adjacent to an activating group) is 1. The van der Waals surface area contributed by atoms with Gasteiger partial charge in [-0.05, 0) is 61.5 Å². The zero-order valence-electron chi connectivity index (χ0n) is 21.1.